The lowest BCUT2D eigenvalue weighted by Crippen LogP contribution is -2.34. The number of fused-ring (bicyclic) bond motifs is 1. The Hall–Kier alpha value is -3.30. The van der Waals surface area contributed by atoms with E-state index in [0.29, 0.717) is 5.56 Å². The molecular formula is C20H21N5O4. The molecule has 1 aliphatic rings. The van der Waals surface area contributed by atoms with Crippen molar-refractivity contribution in [2.45, 2.75) is 31.7 Å². The molecule has 2 heterocycles. The molecule has 29 heavy (non-hydrogen) atoms. The highest BCUT2D eigenvalue weighted by atomic mass is 16.6. The van der Waals surface area contributed by atoms with Crippen molar-refractivity contribution in [1.29, 1.82) is 0 Å². The van der Waals surface area contributed by atoms with Gasteiger partial charge in [0, 0.05) is 29.7 Å². The number of carbonyl (C=O) groups is 1. The smallest absolute Gasteiger partial charge is 0.270 e. The maximum Gasteiger partial charge on any atom is 0.270 e. The number of amides is 1. The van der Waals surface area contributed by atoms with Crippen molar-refractivity contribution in [3.8, 4) is 0 Å². The van der Waals surface area contributed by atoms with Gasteiger partial charge in [0.15, 0.2) is 6.23 Å². The van der Waals surface area contributed by atoms with Crippen molar-refractivity contribution < 1.29 is 14.5 Å². The number of nitro benzene ring substituents is 1. The number of benzene rings is 2. The summed E-state index contributed by atoms with van der Waals surface area (Å²) in [5.74, 6) is -0.479. The van der Waals surface area contributed by atoms with Gasteiger partial charge >= 0.3 is 0 Å². The van der Waals surface area contributed by atoms with E-state index in [1.807, 2.05) is 22.9 Å². The van der Waals surface area contributed by atoms with Crippen molar-refractivity contribution in [2.75, 3.05) is 6.61 Å². The van der Waals surface area contributed by atoms with Gasteiger partial charge in [-0.2, -0.15) is 5.10 Å². The van der Waals surface area contributed by atoms with Crippen LogP contribution in [0.2, 0.25) is 0 Å². The van der Waals surface area contributed by atoms with E-state index in [2.05, 4.69) is 10.4 Å². The first-order chi connectivity index (χ1) is 14.0. The van der Waals surface area contributed by atoms with Crippen LogP contribution in [0.4, 0.5) is 5.69 Å². The van der Waals surface area contributed by atoms with Crippen molar-refractivity contribution in [3.05, 3.63) is 69.9 Å². The first-order valence-corrected chi connectivity index (χ1v) is 9.42. The van der Waals surface area contributed by atoms with E-state index >= 15 is 0 Å². The summed E-state index contributed by atoms with van der Waals surface area (Å²) in [6.45, 7) is 0.735. The van der Waals surface area contributed by atoms with E-state index in [-0.39, 0.29) is 17.5 Å². The van der Waals surface area contributed by atoms with Gasteiger partial charge in [0.25, 0.3) is 11.6 Å². The molecule has 9 nitrogen and oxygen atoms in total. The Kier molecular flexibility index (Phi) is 5.24. The minimum atomic E-state index is -0.763. The molecular weight excluding hydrogens is 374 g/mol. The van der Waals surface area contributed by atoms with E-state index in [0.717, 1.165) is 36.8 Å². The molecule has 150 valence electrons. The summed E-state index contributed by atoms with van der Waals surface area (Å²) >= 11 is 0. The molecule has 2 unspecified atom stereocenters. The Bertz CT molecular complexity index is 1060. The zero-order chi connectivity index (χ0) is 20.4. The predicted molar refractivity (Wildman–Crippen MR) is 106 cm³/mol. The van der Waals surface area contributed by atoms with Crippen LogP contribution in [0, 0.1) is 10.1 Å². The minimum Gasteiger partial charge on any atom is -0.356 e. The normalized spacial score (nSPS) is 17.8. The number of carbonyl (C=O) groups excluding carboxylic acids is 1. The van der Waals surface area contributed by atoms with Crippen molar-refractivity contribution in [3.63, 3.8) is 0 Å². The van der Waals surface area contributed by atoms with E-state index in [4.69, 9.17) is 10.5 Å². The lowest BCUT2D eigenvalue weighted by molar-refractivity contribution is -0.384. The summed E-state index contributed by atoms with van der Waals surface area (Å²) in [6, 6.07) is 11.1. The molecule has 2 atom stereocenters. The summed E-state index contributed by atoms with van der Waals surface area (Å²) in [5, 5.41) is 18.9. The molecule has 3 aromatic rings. The molecule has 0 aliphatic carbocycles. The second-order valence-electron chi connectivity index (χ2n) is 6.99. The third-order valence-electron chi connectivity index (χ3n) is 5.01. The average Bonchev–Trinajstić information content (AvgIpc) is 3.17. The van der Waals surface area contributed by atoms with Gasteiger partial charge in [0.1, 0.15) is 6.17 Å². The second kappa shape index (κ2) is 7.98. The van der Waals surface area contributed by atoms with E-state index in [1.54, 1.807) is 6.20 Å². The lowest BCUT2D eigenvalue weighted by atomic mass is 10.1. The number of nitrogens with one attached hydrogen (secondary N) is 1. The van der Waals surface area contributed by atoms with Gasteiger partial charge in [-0.05, 0) is 43.0 Å². The fourth-order valence-electron chi connectivity index (χ4n) is 3.48. The van der Waals surface area contributed by atoms with Gasteiger partial charge < -0.3 is 15.8 Å². The Morgan fingerprint density at radius 1 is 1.31 bits per heavy atom. The molecule has 9 heteroatoms. The molecule has 0 saturated carbocycles. The monoisotopic (exact) mass is 395 g/mol. The quantitative estimate of drug-likeness (QED) is 0.389. The van der Waals surface area contributed by atoms with Gasteiger partial charge in [-0.3, -0.25) is 14.9 Å². The van der Waals surface area contributed by atoms with Crippen LogP contribution in [-0.4, -0.2) is 27.2 Å². The van der Waals surface area contributed by atoms with Crippen LogP contribution < -0.4 is 11.1 Å². The fraction of sp³-hybridized carbons (Fsp3) is 0.300. The summed E-state index contributed by atoms with van der Waals surface area (Å²) in [7, 11) is 0. The SMILES string of the molecule is NC(NC(=O)c1cccc([N+](=O)[O-])c1)c1ccc2c(cnn2C2CCCCO2)c1. The van der Waals surface area contributed by atoms with E-state index in [9.17, 15) is 14.9 Å². The summed E-state index contributed by atoms with van der Waals surface area (Å²) in [5.41, 5.74) is 7.84. The van der Waals surface area contributed by atoms with Crippen LogP contribution >= 0.6 is 0 Å². The molecule has 0 radical (unpaired) electrons. The van der Waals surface area contributed by atoms with Gasteiger partial charge in [-0.25, -0.2) is 4.68 Å². The number of rotatable bonds is 5. The Balaban J connectivity index is 1.51. The standard InChI is InChI=1S/C20H21N5O4/c21-19(23-20(26)14-4-3-5-16(11-14)25(27)28)13-7-8-17-15(10-13)12-22-24(17)18-6-1-2-9-29-18/h3-5,7-8,10-12,18-19H,1-2,6,9,21H2,(H,23,26). The predicted octanol–water partition coefficient (Wildman–Crippen LogP) is 3.03. The maximum absolute atomic E-state index is 12.4. The molecule has 0 spiro atoms. The molecule has 1 aliphatic heterocycles. The molecule has 1 amide bonds. The number of hydrogen-bond acceptors (Lipinski definition) is 6. The topological polar surface area (TPSA) is 125 Å². The fourth-order valence-corrected chi connectivity index (χ4v) is 3.48. The highest BCUT2D eigenvalue weighted by Crippen LogP contribution is 2.27. The zero-order valence-electron chi connectivity index (χ0n) is 15.7. The van der Waals surface area contributed by atoms with Crippen LogP contribution in [0.15, 0.2) is 48.7 Å². The molecule has 3 N–H and O–H groups in total. The van der Waals surface area contributed by atoms with Crippen LogP contribution in [0.5, 0.6) is 0 Å². The highest BCUT2D eigenvalue weighted by molar-refractivity contribution is 5.95. The lowest BCUT2D eigenvalue weighted by Gasteiger charge is -2.23. The largest absolute Gasteiger partial charge is 0.356 e. The second-order valence-corrected chi connectivity index (χ2v) is 6.99. The van der Waals surface area contributed by atoms with Crippen molar-refractivity contribution in [1.82, 2.24) is 15.1 Å². The number of nitro groups is 1. The van der Waals surface area contributed by atoms with Gasteiger partial charge in [0.2, 0.25) is 0 Å². The zero-order valence-corrected chi connectivity index (χ0v) is 15.7. The van der Waals surface area contributed by atoms with Crippen molar-refractivity contribution >= 4 is 22.5 Å². The van der Waals surface area contributed by atoms with Crippen molar-refractivity contribution in [2.24, 2.45) is 5.73 Å². The van der Waals surface area contributed by atoms with Crippen LogP contribution in [0.1, 0.15) is 47.6 Å². The summed E-state index contributed by atoms with van der Waals surface area (Å²) < 4.78 is 7.69. The molecule has 1 saturated heterocycles. The van der Waals surface area contributed by atoms with Gasteiger partial charge in [-0.1, -0.05) is 12.1 Å². The average molecular weight is 395 g/mol. The maximum atomic E-state index is 12.4. The molecule has 0 bridgehead atoms. The minimum absolute atomic E-state index is 0.0608. The Labute approximate surface area is 166 Å². The number of nitrogens with two attached hydrogens (primary N) is 1. The molecule has 1 aromatic heterocycles. The first-order valence-electron chi connectivity index (χ1n) is 9.42. The third-order valence-corrected chi connectivity index (χ3v) is 5.01. The molecule has 1 fully saturated rings. The molecule has 4 rings (SSSR count). The number of hydrogen-bond donors (Lipinski definition) is 2. The number of aromatic nitrogens is 2. The van der Waals surface area contributed by atoms with Crippen LogP contribution in [-0.2, 0) is 4.74 Å². The Morgan fingerprint density at radius 3 is 2.93 bits per heavy atom. The first kappa shape index (κ1) is 19.0. The summed E-state index contributed by atoms with van der Waals surface area (Å²) in [4.78, 5) is 22.8. The van der Waals surface area contributed by atoms with E-state index < -0.39 is 17.0 Å². The van der Waals surface area contributed by atoms with E-state index in [1.165, 1.54) is 24.3 Å². The molecule has 2 aromatic carbocycles. The third kappa shape index (κ3) is 3.96. The highest BCUT2D eigenvalue weighted by Gasteiger charge is 2.20. The van der Waals surface area contributed by atoms with Crippen LogP contribution in [0.3, 0.4) is 0 Å². The number of nitrogens with zero attached hydrogens (tertiary/aromatic N) is 3. The number of ether oxygens (including phenoxy) is 1. The number of non-ortho nitro benzene ring substituents is 1. The van der Waals surface area contributed by atoms with Gasteiger partial charge in [0.05, 0.1) is 16.6 Å². The Morgan fingerprint density at radius 2 is 2.17 bits per heavy atom. The summed E-state index contributed by atoms with van der Waals surface area (Å²) in [6.07, 6.45) is 4.04. The van der Waals surface area contributed by atoms with Gasteiger partial charge in [-0.15, -0.1) is 0 Å². The van der Waals surface area contributed by atoms with Crippen LogP contribution in [0.25, 0.3) is 10.9 Å².